The van der Waals surface area contributed by atoms with Crippen LogP contribution in [0, 0.1) is 5.92 Å². The fourth-order valence-corrected chi connectivity index (χ4v) is 2.13. The summed E-state index contributed by atoms with van der Waals surface area (Å²) in [5, 5.41) is 12.3. The van der Waals surface area contributed by atoms with Gasteiger partial charge in [-0.3, -0.25) is 0 Å². The Balaban J connectivity index is 1.69. The van der Waals surface area contributed by atoms with E-state index < -0.39 is 0 Å². The average Bonchev–Trinajstić information content (AvgIpc) is 2.41. The van der Waals surface area contributed by atoms with Crippen molar-refractivity contribution >= 4 is 0 Å². The fourth-order valence-electron chi connectivity index (χ4n) is 2.13. The lowest BCUT2D eigenvalue weighted by atomic mass is 9.99. The first-order valence-electron chi connectivity index (χ1n) is 6.35. The number of ether oxygens (including phenoxy) is 1. The van der Waals surface area contributed by atoms with Crippen molar-refractivity contribution in [3.05, 3.63) is 35.4 Å². The lowest BCUT2D eigenvalue weighted by Gasteiger charge is -2.22. The van der Waals surface area contributed by atoms with Crippen molar-refractivity contribution in [3.8, 4) is 0 Å². The van der Waals surface area contributed by atoms with Crippen LogP contribution in [0.5, 0.6) is 0 Å². The van der Waals surface area contributed by atoms with E-state index in [1.165, 1.54) is 18.4 Å². The van der Waals surface area contributed by atoms with Gasteiger partial charge in [0, 0.05) is 6.61 Å². The summed E-state index contributed by atoms with van der Waals surface area (Å²) in [6.07, 6.45) is 2.45. The summed E-state index contributed by atoms with van der Waals surface area (Å²) in [6.45, 7) is 3.90. The molecule has 1 aliphatic rings. The van der Waals surface area contributed by atoms with Crippen LogP contribution in [0.2, 0.25) is 0 Å². The highest BCUT2D eigenvalue weighted by atomic mass is 16.5. The SMILES string of the molecule is OCc1ccc(COCC2CCNCC2)cc1. The maximum Gasteiger partial charge on any atom is 0.0717 e. The van der Waals surface area contributed by atoms with E-state index in [-0.39, 0.29) is 6.61 Å². The van der Waals surface area contributed by atoms with Gasteiger partial charge in [-0.05, 0) is 43.0 Å². The molecule has 1 heterocycles. The molecule has 0 spiro atoms. The van der Waals surface area contributed by atoms with Gasteiger partial charge in [0.2, 0.25) is 0 Å². The van der Waals surface area contributed by atoms with E-state index in [0.29, 0.717) is 12.5 Å². The summed E-state index contributed by atoms with van der Waals surface area (Å²) in [6, 6.07) is 7.94. The molecule has 1 aliphatic heterocycles. The van der Waals surface area contributed by atoms with Crippen LogP contribution >= 0.6 is 0 Å². The molecule has 0 bridgehead atoms. The van der Waals surface area contributed by atoms with Gasteiger partial charge in [0.25, 0.3) is 0 Å². The number of piperidine rings is 1. The molecule has 17 heavy (non-hydrogen) atoms. The maximum atomic E-state index is 8.94. The molecule has 0 aliphatic carbocycles. The van der Waals surface area contributed by atoms with Crippen LogP contribution in [0.25, 0.3) is 0 Å². The Morgan fingerprint density at radius 1 is 1.12 bits per heavy atom. The smallest absolute Gasteiger partial charge is 0.0717 e. The second kappa shape index (κ2) is 6.74. The van der Waals surface area contributed by atoms with Crippen LogP contribution in [0.15, 0.2) is 24.3 Å². The summed E-state index contributed by atoms with van der Waals surface area (Å²) >= 11 is 0. The van der Waals surface area contributed by atoms with Gasteiger partial charge in [0.1, 0.15) is 0 Å². The molecular formula is C14H21NO2. The highest BCUT2D eigenvalue weighted by Crippen LogP contribution is 2.13. The van der Waals surface area contributed by atoms with Crippen molar-refractivity contribution in [2.24, 2.45) is 5.92 Å². The molecule has 1 fully saturated rings. The van der Waals surface area contributed by atoms with Crippen molar-refractivity contribution in [1.82, 2.24) is 5.32 Å². The van der Waals surface area contributed by atoms with Crippen molar-refractivity contribution in [3.63, 3.8) is 0 Å². The average molecular weight is 235 g/mol. The van der Waals surface area contributed by atoms with E-state index >= 15 is 0 Å². The quantitative estimate of drug-likeness (QED) is 0.816. The molecule has 0 atom stereocenters. The normalized spacial score (nSPS) is 17.2. The number of hydrogen-bond acceptors (Lipinski definition) is 3. The Hall–Kier alpha value is -0.900. The summed E-state index contributed by atoms with van der Waals surface area (Å²) in [5.74, 6) is 0.716. The second-order valence-corrected chi connectivity index (χ2v) is 4.68. The standard InChI is InChI=1S/C14H21NO2/c16-9-12-1-3-13(4-2-12)10-17-11-14-5-7-15-8-6-14/h1-4,14-16H,5-11H2. The van der Waals surface area contributed by atoms with Crippen molar-refractivity contribution in [1.29, 1.82) is 0 Å². The molecule has 2 rings (SSSR count). The number of rotatable bonds is 5. The second-order valence-electron chi connectivity index (χ2n) is 4.68. The molecular weight excluding hydrogens is 214 g/mol. The first-order valence-corrected chi connectivity index (χ1v) is 6.35. The number of nitrogens with one attached hydrogen (secondary N) is 1. The van der Waals surface area contributed by atoms with Gasteiger partial charge in [0.15, 0.2) is 0 Å². The third-order valence-electron chi connectivity index (χ3n) is 3.29. The van der Waals surface area contributed by atoms with Gasteiger partial charge in [-0.2, -0.15) is 0 Å². The van der Waals surface area contributed by atoms with Crippen LogP contribution in [0.4, 0.5) is 0 Å². The number of hydrogen-bond donors (Lipinski definition) is 2. The number of aliphatic hydroxyl groups is 1. The number of benzene rings is 1. The molecule has 94 valence electrons. The summed E-state index contributed by atoms with van der Waals surface area (Å²) in [5.41, 5.74) is 2.13. The molecule has 1 aromatic carbocycles. The van der Waals surface area contributed by atoms with E-state index in [1.54, 1.807) is 0 Å². The van der Waals surface area contributed by atoms with Gasteiger partial charge in [-0.15, -0.1) is 0 Å². The lowest BCUT2D eigenvalue weighted by molar-refractivity contribution is 0.0763. The van der Waals surface area contributed by atoms with E-state index in [1.807, 2.05) is 24.3 Å². The Morgan fingerprint density at radius 2 is 1.76 bits per heavy atom. The Labute approximate surface area is 103 Å². The first kappa shape index (κ1) is 12.6. The third kappa shape index (κ3) is 4.11. The predicted octanol–water partition coefficient (Wildman–Crippen LogP) is 1.70. The van der Waals surface area contributed by atoms with Gasteiger partial charge in [0.05, 0.1) is 13.2 Å². The van der Waals surface area contributed by atoms with E-state index in [0.717, 1.165) is 25.3 Å². The molecule has 1 saturated heterocycles. The van der Waals surface area contributed by atoms with Crippen molar-refractivity contribution in [2.45, 2.75) is 26.1 Å². The Bertz CT molecular complexity index is 317. The summed E-state index contributed by atoms with van der Waals surface area (Å²) in [7, 11) is 0. The molecule has 0 radical (unpaired) electrons. The maximum absolute atomic E-state index is 8.94. The zero-order valence-electron chi connectivity index (χ0n) is 10.2. The molecule has 0 amide bonds. The van der Waals surface area contributed by atoms with Crippen molar-refractivity contribution in [2.75, 3.05) is 19.7 Å². The first-order chi connectivity index (χ1) is 8.38. The van der Waals surface area contributed by atoms with Gasteiger partial charge >= 0.3 is 0 Å². The minimum absolute atomic E-state index is 0.107. The lowest BCUT2D eigenvalue weighted by Crippen LogP contribution is -2.29. The zero-order valence-corrected chi connectivity index (χ0v) is 10.2. The van der Waals surface area contributed by atoms with E-state index in [4.69, 9.17) is 9.84 Å². The summed E-state index contributed by atoms with van der Waals surface area (Å²) < 4.78 is 5.74. The molecule has 0 saturated carbocycles. The highest BCUT2D eigenvalue weighted by Gasteiger charge is 2.12. The molecule has 3 heteroatoms. The largest absolute Gasteiger partial charge is 0.392 e. The van der Waals surface area contributed by atoms with Crippen LogP contribution in [0.1, 0.15) is 24.0 Å². The topological polar surface area (TPSA) is 41.5 Å². The minimum atomic E-state index is 0.107. The molecule has 0 unspecified atom stereocenters. The Morgan fingerprint density at radius 3 is 2.41 bits per heavy atom. The minimum Gasteiger partial charge on any atom is -0.392 e. The van der Waals surface area contributed by atoms with Crippen LogP contribution in [0.3, 0.4) is 0 Å². The third-order valence-corrected chi connectivity index (χ3v) is 3.29. The Kier molecular flexibility index (Phi) is 4.98. The van der Waals surface area contributed by atoms with Crippen molar-refractivity contribution < 1.29 is 9.84 Å². The highest BCUT2D eigenvalue weighted by molar-refractivity contribution is 5.21. The predicted molar refractivity (Wildman–Crippen MR) is 67.6 cm³/mol. The van der Waals surface area contributed by atoms with Crippen LogP contribution in [-0.4, -0.2) is 24.8 Å². The molecule has 0 aromatic heterocycles. The molecule has 1 aromatic rings. The fraction of sp³-hybridized carbons (Fsp3) is 0.571. The van der Waals surface area contributed by atoms with Crippen LogP contribution < -0.4 is 5.32 Å². The van der Waals surface area contributed by atoms with Gasteiger partial charge in [-0.1, -0.05) is 24.3 Å². The summed E-state index contributed by atoms with van der Waals surface area (Å²) in [4.78, 5) is 0. The van der Waals surface area contributed by atoms with Gasteiger partial charge < -0.3 is 15.2 Å². The van der Waals surface area contributed by atoms with E-state index in [2.05, 4.69) is 5.32 Å². The molecule has 2 N–H and O–H groups in total. The van der Waals surface area contributed by atoms with Crippen LogP contribution in [-0.2, 0) is 18.0 Å². The van der Waals surface area contributed by atoms with E-state index in [9.17, 15) is 0 Å². The van der Waals surface area contributed by atoms with Gasteiger partial charge in [-0.25, -0.2) is 0 Å². The molecule has 3 nitrogen and oxygen atoms in total. The zero-order chi connectivity index (χ0) is 11.9. The monoisotopic (exact) mass is 235 g/mol. The number of aliphatic hydroxyl groups excluding tert-OH is 1.